The van der Waals surface area contributed by atoms with E-state index in [1.54, 1.807) is 50.2 Å². The summed E-state index contributed by atoms with van der Waals surface area (Å²) in [5.41, 5.74) is 0.178. The van der Waals surface area contributed by atoms with Crippen LogP contribution in [0.25, 0.3) is 0 Å². The molecular weight excluding hydrogens is 336 g/mol. The molecule has 0 fully saturated rings. The SMILES string of the molecule is Cc1ccc(OS(=O)OC(C)(C)C(=O)c2ccc(Cl)cc2)cc1. The molecule has 0 saturated carbocycles. The van der Waals surface area contributed by atoms with E-state index in [2.05, 4.69) is 0 Å². The fourth-order valence-electron chi connectivity index (χ4n) is 1.85. The molecule has 0 aliphatic rings. The number of hydrogen-bond donors (Lipinski definition) is 0. The van der Waals surface area contributed by atoms with E-state index < -0.39 is 17.0 Å². The van der Waals surface area contributed by atoms with Crippen molar-refractivity contribution in [2.24, 2.45) is 0 Å². The van der Waals surface area contributed by atoms with Crippen molar-refractivity contribution < 1.29 is 17.4 Å². The zero-order chi connectivity index (χ0) is 17.0. The average Bonchev–Trinajstić information content (AvgIpc) is 2.49. The van der Waals surface area contributed by atoms with Crippen LogP contribution in [0.2, 0.25) is 5.02 Å². The first-order valence-corrected chi connectivity index (χ1v) is 8.32. The second-order valence-corrected chi connectivity index (χ2v) is 6.71. The Morgan fingerprint density at radius 1 is 1.04 bits per heavy atom. The van der Waals surface area contributed by atoms with Gasteiger partial charge in [-0.2, -0.15) is 4.21 Å². The molecule has 0 amide bonds. The van der Waals surface area contributed by atoms with Crippen LogP contribution in [0, 0.1) is 6.92 Å². The summed E-state index contributed by atoms with van der Waals surface area (Å²) in [6.07, 6.45) is 0. The van der Waals surface area contributed by atoms with E-state index in [0.717, 1.165) is 5.56 Å². The van der Waals surface area contributed by atoms with Crippen LogP contribution >= 0.6 is 11.6 Å². The van der Waals surface area contributed by atoms with E-state index in [1.807, 2.05) is 19.1 Å². The van der Waals surface area contributed by atoms with Crippen molar-refractivity contribution in [2.75, 3.05) is 0 Å². The van der Waals surface area contributed by atoms with Gasteiger partial charge < -0.3 is 4.18 Å². The van der Waals surface area contributed by atoms with Crippen molar-refractivity contribution in [3.63, 3.8) is 0 Å². The maximum absolute atomic E-state index is 12.5. The van der Waals surface area contributed by atoms with Gasteiger partial charge in [0.05, 0.1) is 0 Å². The Morgan fingerprint density at radius 2 is 1.61 bits per heavy atom. The van der Waals surface area contributed by atoms with Crippen molar-refractivity contribution in [3.8, 4) is 5.75 Å². The van der Waals surface area contributed by atoms with Gasteiger partial charge in [-0.15, -0.1) is 0 Å². The molecule has 1 unspecified atom stereocenters. The lowest BCUT2D eigenvalue weighted by Crippen LogP contribution is -2.36. The lowest BCUT2D eigenvalue weighted by Gasteiger charge is -2.22. The highest BCUT2D eigenvalue weighted by atomic mass is 35.5. The van der Waals surface area contributed by atoms with Gasteiger partial charge in [0, 0.05) is 10.6 Å². The topological polar surface area (TPSA) is 52.6 Å². The number of Topliss-reactive ketones (excluding diaryl/α,β-unsaturated/α-hetero) is 1. The first kappa shape index (κ1) is 17.7. The number of hydrogen-bond acceptors (Lipinski definition) is 4. The molecule has 23 heavy (non-hydrogen) atoms. The van der Waals surface area contributed by atoms with Crippen LogP contribution in [0.3, 0.4) is 0 Å². The number of benzene rings is 2. The number of ketones is 1. The van der Waals surface area contributed by atoms with Gasteiger partial charge >= 0.3 is 11.4 Å². The Labute approximate surface area is 143 Å². The second kappa shape index (κ2) is 7.25. The monoisotopic (exact) mass is 352 g/mol. The molecule has 0 aliphatic heterocycles. The summed E-state index contributed by atoms with van der Waals surface area (Å²) in [4.78, 5) is 12.5. The van der Waals surface area contributed by atoms with Crippen LogP contribution in [0.15, 0.2) is 48.5 Å². The van der Waals surface area contributed by atoms with Crippen molar-refractivity contribution in [2.45, 2.75) is 26.4 Å². The summed E-state index contributed by atoms with van der Waals surface area (Å²) >= 11 is 3.71. The molecule has 0 heterocycles. The molecule has 2 aromatic rings. The van der Waals surface area contributed by atoms with Gasteiger partial charge in [0.15, 0.2) is 5.78 Å². The number of carbonyl (C=O) groups is 1. The van der Waals surface area contributed by atoms with Crippen molar-refractivity contribution in [1.82, 2.24) is 0 Å². The van der Waals surface area contributed by atoms with E-state index in [1.165, 1.54) is 0 Å². The van der Waals surface area contributed by atoms with Crippen LogP contribution in [0.4, 0.5) is 0 Å². The maximum atomic E-state index is 12.5. The molecular formula is C17H17ClO4S. The number of aryl methyl sites for hydroxylation is 1. The minimum absolute atomic E-state index is 0.310. The summed E-state index contributed by atoms with van der Waals surface area (Å²) < 4.78 is 22.5. The molecule has 2 rings (SSSR count). The molecule has 0 spiro atoms. The molecule has 0 N–H and O–H groups in total. The summed E-state index contributed by atoms with van der Waals surface area (Å²) in [6, 6.07) is 13.5. The molecule has 2 aromatic carbocycles. The predicted octanol–water partition coefficient (Wildman–Crippen LogP) is 4.28. The van der Waals surface area contributed by atoms with Crippen LogP contribution in [0.5, 0.6) is 5.75 Å². The van der Waals surface area contributed by atoms with Gasteiger partial charge in [0.1, 0.15) is 11.4 Å². The Bertz CT molecular complexity index is 708. The van der Waals surface area contributed by atoms with Crippen molar-refractivity contribution in [1.29, 1.82) is 0 Å². The fourth-order valence-corrected chi connectivity index (χ4v) is 2.69. The summed E-state index contributed by atoms with van der Waals surface area (Å²) in [5.74, 6) is 0.0960. The summed E-state index contributed by atoms with van der Waals surface area (Å²) in [5, 5.41) is 0.534. The standard InChI is InChI=1S/C17H17ClO4S/c1-12-4-10-15(11-5-12)21-23(20)22-17(2,3)16(19)13-6-8-14(18)9-7-13/h4-11H,1-3H3. The third-order valence-corrected chi connectivity index (χ3v) is 4.25. The van der Waals surface area contributed by atoms with Crippen molar-refractivity contribution >= 4 is 28.7 Å². The average molecular weight is 353 g/mol. The maximum Gasteiger partial charge on any atom is 0.361 e. The van der Waals surface area contributed by atoms with E-state index in [-0.39, 0.29) is 5.78 Å². The highest BCUT2D eigenvalue weighted by Gasteiger charge is 2.33. The van der Waals surface area contributed by atoms with Gasteiger partial charge in [-0.3, -0.25) is 4.79 Å². The Morgan fingerprint density at radius 3 is 2.17 bits per heavy atom. The van der Waals surface area contributed by atoms with E-state index >= 15 is 0 Å². The molecule has 0 bridgehead atoms. The molecule has 0 radical (unpaired) electrons. The highest BCUT2D eigenvalue weighted by molar-refractivity contribution is 7.75. The third-order valence-electron chi connectivity index (χ3n) is 3.11. The molecule has 6 heteroatoms. The van der Waals surface area contributed by atoms with Crippen LogP contribution in [0.1, 0.15) is 29.8 Å². The Hall–Kier alpha value is -1.69. The lowest BCUT2D eigenvalue weighted by atomic mass is 9.97. The fraction of sp³-hybridized carbons (Fsp3) is 0.235. The highest BCUT2D eigenvalue weighted by Crippen LogP contribution is 2.22. The second-order valence-electron chi connectivity index (χ2n) is 5.53. The van der Waals surface area contributed by atoms with E-state index in [9.17, 15) is 9.00 Å². The van der Waals surface area contributed by atoms with Gasteiger partial charge in [0.25, 0.3) is 0 Å². The molecule has 1 atom stereocenters. The smallest absolute Gasteiger partial charge is 0.361 e. The molecule has 0 saturated heterocycles. The lowest BCUT2D eigenvalue weighted by molar-refractivity contribution is 0.0602. The third kappa shape index (κ3) is 4.89. The van der Waals surface area contributed by atoms with Gasteiger partial charge in [-0.25, -0.2) is 4.18 Å². The molecule has 0 aromatic heterocycles. The van der Waals surface area contributed by atoms with Gasteiger partial charge in [0.2, 0.25) is 0 Å². The Balaban J connectivity index is 2.04. The zero-order valence-corrected chi connectivity index (χ0v) is 14.6. The molecule has 0 aliphatic carbocycles. The Kier molecular flexibility index (Phi) is 5.57. The first-order chi connectivity index (χ1) is 10.8. The normalized spacial score (nSPS) is 12.7. The van der Waals surface area contributed by atoms with E-state index in [4.69, 9.17) is 20.0 Å². The minimum atomic E-state index is -2.09. The largest absolute Gasteiger partial charge is 0.380 e. The van der Waals surface area contributed by atoms with Gasteiger partial charge in [-0.05, 0) is 57.2 Å². The summed E-state index contributed by atoms with van der Waals surface area (Å²) in [7, 11) is 0. The number of halogens is 1. The van der Waals surface area contributed by atoms with Crippen LogP contribution in [-0.4, -0.2) is 15.6 Å². The number of carbonyl (C=O) groups excluding carboxylic acids is 1. The predicted molar refractivity (Wildman–Crippen MR) is 90.9 cm³/mol. The quantitative estimate of drug-likeness (QED) is 0.728. The molecule has 4 nitrogen and oxygen atoms in total. The summed E-state index contributed by atoms with van der Waals surface area (Å²) in [6.45, 7) is 5.02. The number of rotatable bonds is 6. The van der Waals surface area contributed by atoms with Crippen LogP contribution < -0.4 is 4.18 Å². The first-order valence-electron chi connectivity index (χ1n) is 6.94. The van der Waals surface area contributed by atoms with E-state index in [0.29, 0.717) is 16.3 Å². The van der Waals surface area contributed by atoms with Crippen molar-refractivity contribution in [3.05, 3.63) is 64.7 Å². The minimum Gasteiger partial charge on any atom is -0.380 e. The van der Waals surface area contributed by atoms with Gasteiger partial charge in [-0.1, -0.05) is 29.3 Å². The zero-order valence-electron chi connectivity index (χ0n) is 13.0. The molecule has 122 valence electrons. The van der Waals surface area contributed by atoms with Crippen LogP contribution in [-0.2, 0) is 15.5 Å².